The first-order valence-corrected chi connectivity index (χ1v) is 12.6. The maximum Gasteiger partial charge on any atom is 0.337 e. The molecule has 188 valence electrons. The number of nitrogens with zero attached hydrogens (tertiary/aromatic N) is 2. The van der Waals surface area contributed by atoms with Crippen molar-refractivity contribution in [1.82, 2.24) is 9.80 Å². The number of carboxylic acid groups (broad SMARTS) is 1. The van der Waals surface area contributed by atoms with E-state index >= 15 is 0 Å². The van der Waals surface area contributed by atoms with Gasteiger partial charge in [0.05, 0.1) is 5.60 Å². The first-order valence-electron chi connectivity index (χ1n) is 12.6. The van der Waals surface area contributed by atoms with Gasteiger partial charge in [-0.1, -0.05) is 29.8 Å². The number of piperidine rings is 1. The number of ether oxygens (including phenoxy) is 1. The van der Waals surface area contributed by atoms with E-state index in [-0.39, 0.29) is 6.03 Å². The summed E-state index contributed by atoms with van der Waals surface area (Å²) in [6.45, 7) is 14.4. The van der Waals surface area contributed by atoms with Gasteiger partial charge in [0.1, 0.15) is 0 Å². The Balaban J connectivity index is 1.85. The number of hydrogen-bond acceptors (Lipinski definition) is 3. The van der Waals surface area contributed by atoms with Crippen LogP contribution in [0.15, 0.2) is 24.3 Å². The first kappa shape index (κ1) is 25.2. The van der Waals surface area contributed by atoms with E-state index < -0.39 is 17.7 Å². The van der Waals surface area contributed by atoms with Gasteiger partial charge in [0.25, 0.3) is 0 Å². The number of carbonyl (C=O) groups excluding carboxylic acids is 1. The SMILES string of the molecule is Cc1ccc(-c2c(C)c3c(c(C)c2C(OC(C)(C)C)C(=O)O)CN(C(=O)N2CCCCC2)C3)cc1. The van der Waals surface area contributed by atoms with Gasteiger partial charge in [0, 0.05) is 31.7 Å². The minimum absolute atomic E-state index is 0.0823. The zero-order valence-corrected chi connectivity index (χ0v) is 21.9. The van der Waals surface area contributed by atoms with Crippen molar-refractivity contribution in [3.8, 4) is 11.1 Å². The van der Waals surface area contributed by atoms with Gasteiger partial charge >= 0.3 is 12.0 Å². The molecule has 6 heteroatoms. The maximum absolute atomic E-state index is 13.3. The fourth-order valence-electron chi connectivity index (χ4n) is 5.45. The van der Waals surface area contributed by atoms with Gasteiger partial charge in [-0.15, -0.1) is 0 Å². The van der Waals surface area contributed by atoms with Crippen LogP contribution in [-0.4, -0.2) is 45.6 Å². The highest BCUT2D eigenvalue weighted by molar-refractivity contribution is 5.85. The van der Waals surface area contributed by atoms with E-state index in [1.54, 1.807) is 0 Å². The van der Waals surface area contributed by atoms with Crippen molar-refractivity contribution in [1.29, 1.82) is 0 Å². The third kappa shape index (κ3) is 5.08. The van der Waals surface area contributed by atoms with Crippen LogP contribution in [0.3, 0.4) is 0 Å². The maximum atomic E-state index is 13.3. The van der Waals surface area contributed by atoms with Crippen molar-refractivity contribution in [2.75, 3.05) is 13.1 Å². The van der Waals surface area contributed by atoms with E-state index in [1.807, 2.05) is 56.6 Å². The molecule has 2 aromatic rings. The summed E-state index contributed by atoms with van der Waals surface area (Å²) in [5.74, 6) is -1.00. The van der Waals surface area contributed by atoms with Gasteiger partial charge in [0.15, 0.2) is 6.10 Å². The molecule has 2 heterocycles. The van der Waals surface area contributed by atoms with Crippen molar-refractivity contribution in [3.63, 3.8) is 0 Å². The molecule has 35 heavy (non-hydrogen) atoms. The van der Waals surface area contributed by atoms with Crippen LogP contribution in [-0.2, 0) is 22.6 Å². The Hall–Kier alpha value is -2.86. The molecule has 2 aromatic carbocycles. The fraction of sp³-hybridized carbons (Fsp3) is 0.517. The molecule has 0 saturated carbocycles. The lowest BCUT2D eigenvalue weighted by molar-refractivity contribution is -0.160. The van der Waals surface area contributed by atoms with Crippen LogP contribution < -0.4 is 0 Å². The molecular weight excluding hydrogens is 440 g/mol. The van der Waals surface area contributed by atoms with Gasteiger partial charge in [-0.2, -0.15) is 0 Å². The Morgan fingerprint density at radius 3 is 2.00 bits per heavy atom. The second kappa shape index (κ2) is 9.65. The molecule has 4 rings (SSSR count). The van der Waals surface area contributed by atoms with E-state index in [0.29, 0.717) is 18.7 Å². The molecule has 0 spiro atoms. The normalized spacial score (nSPS) is 16.9. The Morgan fingerprint density at radius 1 is 0.886 bits per heavy atom. The van der Waals surface area contributed by atoms with Crippen LogP contribution in [0.25, 0.3) is 11.1 Å². The Labute approximate surface area is 208 Å². The molecule has 1 unspecified atom stereocenters. The minimum Gasteiger partial charge on any atom is -0.479 e. The highest BCUT2D eigenvalue weighted by atomic mass is 16.5. The summed E-state index contributed by atoms with van der Waals surface area (Å²) in [6, 6.07) is 8.28. The number of rotatable bonds is 4. The topological polar surface area (TPSA) is 70.1 Å². The lowest BCUT2D eigenvalue weighted by Crippen LogP contribution is -2.43. The minimum atomic E-state index is -1.11. The van der Waals surface area contributed by atoms with Gasteiger partial charge in [-0.3, -0.25) is 0 Å². The molecule has 1 atom stereocenters. The third-order valence-corrected chi connectivity index (χ3v) is 7.21. The van der Waals surface area contributed by atoms with Crippen molar-refractivity contribution < 1.29 is 19.4 Å². The third-order valence-electron chi connectivity index (χ3n) is 7.21. The molecule has 1 saturated heterocycles. The number of aryl methyl sites for hydroxylation is 1. The number of hydrogen-bond donors (Lipinski definition) is 1. The average Bonchev–Trinajstić information content (AvgIpc) is 3.26. The Kier molecular flexibility index (Phi) is 6.96. The molecule has 6 nitrogen and oxygen atoms in total. The van der Waals surface area contributed by atoms with E-state index in [2.05, 4.69) is 19.1 Å². The smallest absolute Gasteiger partial charge is 0.337 e. The lowest BCUT2D eigenvalue weighted by Gasteiger charge is -2.30. The molecule has 1 fully saturated rings. The molecule has 0 bridgehead atoms. The predicted molar refractivity (Wildman–Crippen MR) is 137 cm³/mol. The molecule has 2 amide bonds. The number of likely N-dealkylation sites (tertiary alicyclic amines) is 1. The summed E-state index contributed by atoms with van der Waals surface area (Å²) in [5.41, 5.74) is 7.21. The van der Waals surface area contributed by atoms with Crippen LogP contribution in [0, 0.1) is 20.8 Å². The van der Waals surface area contributed by atoms with Crippen LogP contribution in [0.5, 0.6) is 0 Å². The van der Waals surface area contributed by atoms with E-state index in [0.717, 1.165) is 64.9 Å². The number of benzene rings is 2. The van der Waals surface area contributed by atoms with Crippen LogP contribution >= 0.6 is 0 Å². The second-order valence-corrected chi connectivity index (χ2v) is 11.0. The van der Waals surface area contributed by atoms with Crippen molar-refractivity contribution in [2.45, 2.75) is 85.6 Å². The molecule has 2 aliphatic heterocycles. The monoisotopic (exact) mass is 478 g/mol. The Bertz CT molecular complexity index is 1130. The number of carboxylic acids is 1. The van der Waals surface area contributed by atoms with Crippen LogP contribution in [0.4, 0.5) is 4.79 Å². The predicted octanol–water partition coefficient (Wildman–Crippen LogP) is 6.14. The molecular formula is C29H38N2O4. The highest BCUT2D eigenvalue weighted by Crippen LogP contribution is 2.43. The number of urea groups is 1. The first-order chi connectivity index (χ1) is 16.5. The van der Waals surface area contributed by atoms with Crippen LogP contribution in [0.1, 0.15) is 79.5 Å². The second-order valence-electron chi connectivity index (χ2n) is 11.0. The largest absolute Gasteiger partial charge is 0.479 e. The molecule has 0 radical (unpaired) electrons. The number of carbonyl (C=O) groups is 2. The summed E-state index contributed by atoms with van der Waals surface area (Å²) in [5, 5.41) is 10.3. The van der Waals surface area contributed by atoms with Gasteiger partial charge in [0.2, 0.25) is 0 Å². The molecule has 0 aliphatic carbocycles. The fourth-order valence-corrected chi connectivity index (χ4v) is 5.45. The summed E-state index contributed by atoms with van der Waals surface area (Å²) in [4.78, 5) is 29.8. The van der Waals surface area contributed by atoms with Crippen molar-refractivity contribution >= 4 is 12.0 Å². The molecule has 2 aliphatic rings. The number of aliphatic carboxylic acids is 1. The summed E-state index contributed by atoms with van der Waals surface area (Å²) >= 11 is 0. The highest BCUT2D eigenvalue weighted by Gasteiger charge is 2.37. The van der Waals surface area contributed by atoms with Gasteiger partial charge in [-0.25, -0.2) is 9.59 Å². The number of amides is 2. The molecule has 0 aromatic heterocycles. The number of fused-ring (bicyclic) bond motifs is 1. The van der Waals surface area contributed by atoms with Gasteiger partial charge < -0.3 is 19.6 Å². The summed E-state index contributed by atoms with van der Waals surface area (Å²) in [6.07, 6.45) is 2.17. The van der Waals surface area contributed by atoms with Crippen molar-refractivity contribution in [2.24, 2.45) is 0 Å². The summed E-state index contributed by atoms with van der Waals surface area (Å²) in [7, 11) is 0. The van der Waals surface area contributed by atoms with E-state index in [1.165, 1.54) is 6.42 Å². The summed E-state index contributed by atoms with van der Waals surface area (Å²) < 4.78 is 6.15. The van der Waals surface area contributed by atoms with Crippen LogP contribution in [0.2, 0.25) is 0 Å². The Morgan fingerprint density at radius 2 is 1.46 bits per heavy atom. The van der Waals surface area contributed by atoms with Crippen molar-refractivity contribution in [3.05, 3.63) is 57.6 Å². The lowest BCUT2D eigenvalue weighted by atomic mass is 9.83. The van der Waals surface area contributed by atoms with E-state index in [4.69, 9.17) is 4.74 Å². The zero-order valence-electron chi connectivity index (χ0n) is 21.9. The standard InChI is InChI=1S/C29H38N2O4/c1-18-10-12-21(13-11-18)24-19(2)22-16-31(28(34)30-14-8-7-9-15-30)17-23(22)20(3)25(24)26(27(32)33)35-29(4,5)6/h10-13,26H,7-9,14-17H2,1-6H3,(H,32,33). The average molecular weight is 479 g/mol. The zero-order chi connectivity index (χ0) is 25.5. The van der Waals surface area contributed by atoms with Gasteiger partial charge in [-0.05, 0) is 94.2 Å². The molecule has 1 N–H and O–H groups in total. The quantitative estimate of drug-likeness (QED) is 0.573. The van der Waals surface area contributed by atoms with E-state index in [9.17, 15) is 14.7 Å².